The molecule has 0 fully saturated rings. The Morgan fingerprint density at radius 1 is 1.42 bits per heavy atom. The number of methoxy groups -OCH3 is 1. The summed E-state index contributed by atoms with van der Waals surface area (Å²) < 4.78 is 9.46. The Hall–Kier alpha value is -1.92. The van der Waals surface area contributed by atoms with Crippen LogP contribution < -0.4 is 4.74 Å². The molecule has 2 heterocycles. The summed E-state index contributed by atoms with van der Waals surface area (Å²) in [5.41, 5.74) is 0. The lowest BCUT2D eigenvalue weighted by Gasteiger charge is -1.85. The van der Waals surface area contributed by atoms with E-state index in [0.717, 1.165) is 0 Å². The smallest absolute Gasteiger partial charge is 0.369 e. The van der Waals surface area contributed by atoms with Gasteiger partial charge in [0, 0.05) is 0 Å². The monoisotopic (exact) mass is 167 g/mol. The maximum absolute atomic E-state index is 4.75. The van der Waals surface area contributed by atoms with Gasteiger partial charge in [-0.2, -0.15) is 10.2 Å². The van der Waals surface area contributed by atoms with Crippen LogP contribution in [0.4, 0.5) is 0 Å². The van der Waals surface area contributed by atoms with Gasteiger partial charge in [0.25, 0.3) is 0 Å². The SMILES string of the molecule is COc1noc(-n2nccn2)n1. The van der Waals surface area contributed by atoms with E-state index in [0.29, 0.717) is 0 Å². The summed E-state index contributed by atoms with van der Waals surface area (Å²) in [4.78, 5) is 5.01. The number of nitrogens with zero attached hydrogens (tertiary/aromatic N) is 5. The molecular formula is C5H5N5O2. The van der Waals surface area contributed by atoms with Gasteiger partial charge in [-0.15, -0.1) is 4.98 Å². The zero-order valence-electron chi connectivity index (χ0n) is 6.21. The van der Waals surface area contributed by atoms with Crippen molar-refractivity contribution < 1.29 is 9.26 Å². The zero-order chi connectivity index (χ0) is 8.39. The molecule has 62 valence electrons. The molecule has 7 heteroatoms. The Kier molecular flexibility index (Phi) is 1.47. The van der Waals surface area contributed by atoms with E-state index in [1.54, 1.807) is 0 Å². The predicted molar refractivity (Wildman–Crippen MR) is 35.8 cm³/mol. The standard InChI is InChI=1S/C5H5N5O2/c1-11-4-8-5(12-9-4)10-6-2-3-7-10/h2-3H,1H3. The molecular weight excluding hydrogens is 162 g/mol. The molecule has 0 aliphatic rings. The fourth-order valence-electron chi connectivity index (χ4n) is 0.681. The van der Waals surface area contributed by atoms with Gasteiger partial charge in [0.05, 0.1) is 19.5 Å². The summed E-state index contributed by atoms with van der Waals surface area (Å²) in [7, 11) is 1.45. The second kappa shape index (κ2) is 2.61. The van der Waals surface area contributed by atoms with Crippen LogP contribution in [0.2, 0.25) is 0 Å². The van der Waals surface area contributed by atoms with Crippen LogP contribution in [-0.4, -0.2) is 32.2 Å². The summed E-state index contributed by atoms with van der Waals surface area (Å²) in [5.74, 6) is 0. The highest BCUT2D eigenvalue weighted by Gasteiger charge is 2.07. The highest BCUT2D eigenvalue weighted by atomic mass is 16.6. The van der Waals surface area contributed by atoms with Crippen molar-refractivity contribution in [2.75, 3.05) is 7.11 Å². The number of rotatable bonds is 2. The van der Waals surface area contributed by atoms with Gasteiger partial charge in [-0.1, -0.05) is 4.80 Å². The van der Waals surface area contributed by atoms with E-state index < -0.39 is 0 Å². The molecule has 2 aromatic heterocycles. The minimum atomic E-state index is 0.155. The molecule has 0 saturated heterocycles. The first kappa shape index (κ1) is 6.77. The lowest BCUT2D eigenvalue weighted by molar-refractivity contribution is 0.329. The average molecular weight is 167 g/mol. The largest absolute Gasteiger partial charge is 0.465 e. The van der Waals surface area contributed by atoms with E-state index in [1.165, 1.54) is 24.3 Å². The van der Waals surface area contributed by atoms with Crippen LogP contribution in [0.3, 0.4) is 0 Å². The van der Waals surface area contributed by atoms with E-state index in [1.807, 2.05) is 0 Å². The van der Waals surface area contributed by atoms with Crippen LogP contribution in [0.25, 0.3) is 6.01 Å². The van der Waals surface area contributed by atoms with Crippen LogP contribution in [-0.2, 0) is 0 Å². The zero-order valence-corrected chi connectivity index (χ0v) is 6.21. The Morgan fingerprint density at radius 2 is 2.17 bits per heavy atom. The number of hydrogen-bond donors (Lipinski definition) is 0. The lowest BCUT2D eigenvalue weighted by atomic mass is 11.0. The van der Waals surface area contributed by atoms with Crippen molar-refractivity contribution in [1.82, 2.24) is 25.1 Å². The normalized spacial score (nSPS) is 10.1. The van der Waals surface area contributed by atoms with Crippen molar-refractivity contribution in [1.29, 1.82) is 0 Å². The maximum atomic E-state index is 4.75. The highest BCUT2D eigenvalue weighted by Crippen LogP contribution is 2.05. The first-order chi connectivity index (χ1) is 5.90. The van der Waals surface area contributed by atoms with Crippen LogP contribution in [0.1, 0.15) is 0 Å². The van der Waals surface area contributed by atoms with E-state index in [9.17, 15) is 0 Å². The van der Waals surface area contributed by atoms with Crippen LogP contribution in [0.15, 0.2) is 16.9 Å². The fourth-order valence-corrected chi connectivity index (χ4v) is 0.681. The van der Waals surface area contributed by atoms with Crippen molar-refractivity contribution >= 4 is 0 Å². The van der Waals surface area contributed by atoms with Crippen molar-refractivity contribution in [3.63, 3.8) is 0 Å². The quantitative estimate of drug-likeness (QED) is 0.608. The first-order valence-electron chi connectivity index (χ1n) is 3.14. The Balaban J connectivity index is 2.35. The maximum Gasteiger partial charge on any atom is 0.369 e. The molecule has 2 aromatic rings. The molecule has 0 bridgehead atoms. The van der Waals surface area contributed by atoms with Gasteiger partial charge in [-0.25, -0.2) is 0 Å². The van der Waals surface area contributed by atoms with Gasteiger partial charge in [-0.3, -0.25) is 0 Å². The average Bonchev–Trinajstić information content (AvgIpc) is 2.75. The summed E-state index contributed by atoms with van der Waals surface area (Å²) in [6.45, 7) is 0. The number of ether oxygens (including phenoxy) is 1. The third-order valence-electron chi connectivity index (χ3n) is 1.17. The Morgan fingerprint density at radius 3 is 2.75 bits per heavy atom. The second-order valence-corrected chi connectivity index (χ2v) is 1.88. The van der Waals surface area contributed by atoms with E-state index in [4.69, 9.17) is 9.26 Å². The Bertz CT molecular complexity index is 354. The van der Waals surface area contributed by atoms with Gasteiger partial charge < -0.3 is 9.26 Å². The van der Waals surface area contributed by atoms with Crippen LogP contribution in [0, 0.1) is 0 Å². The molecule has 7 nitrogen and oxygen atoms in total. The van der Waals surface area contributed by atoms with Gasteiger partial charge in [0.1, 0.15) is 0 Å². The van der Waals surface area contributed by atoms with E-state index in [2.05, 4.69) is 20.3 Å². The second-order valence-electron chi connectivity index (χ2n) is 1.88. The van der Waals surface area contributed by atoms with Crippen molar-refractivity contribution in [2.24, 2.45) is 0 Å². The minimum Gasteiger partial charge on any atom is -0.465 e. The van der Waals surface area contributed by atoms with Crippen LogP contribution >= 0.6 is 0 Å². The Labute approximate surface area is 66.9 Å². The molecule has 0 spiro atoms. The summed E-state index contributed by atoms with van der Waals surface area (Å²) in [6.07, 6.45) is 3.02. The summed E-state index contributed by atoms with van der Waals surface area (Å²) in [5, 5.41) is 11.1. The molecule has 0 N–H and O–H groups in total. The van der Waals surface area contributed by atoms with Crippen molar-refractivity contribution in [3.8, 4) is 12.0 Å². The minimum absolute atomic E-state index is 0.155. The fraction of sp³-hybridized carbons (Fsp3) is 0.200. The van der Waals surface area contributed by atoms with Gasteiger partial charge >= 0.3 is 12.0 Å². The van der Waals surface area contributed by atoms with Crippen molar-refractivity contribution in [2.45, 2.75) is 0 Å². The molecule has 0 aliphatic carbocycles. The van der Waals surface area contributed by atoms with E-state index in [-0.39, 0.29) is 12.0 Å². The van der Waals surface area contributed by atoms with E-state index >= 15 is 0 Å². The summed E-state index contributed by atoms with van der Waals surface area (Å²) >= 11 is 0. The molecule has 0 atom stereocenters. The van der Waals surface area contributed by atoms with Crippen molar-refractivity contribution in [3.05, 3.63) is 12.4 Å². The molecule has 2 rings (SSSR count). The molecule has 0 aromatic carbocycles. The van der Waals surface area contributed by atoms with Gasteiger partial charge in [-0.05, 0) is 5.16 Å². The highest BCUT2D eigenvalue weighted by molar-refractivity contribution is 5.02. The first-order valence-corrected chi connectivity index (χ1v) is 3.14. The van der Waals surface area contributed by atoms with Gasteiger partial charge in [0.15, 0.2) is 0 Å². The summed E-state index contributed by atoms with van der Waals surface area (Å²) in [6, 6.07) is 0.333. The third kappa shape index (κ3) is 1.00. The lowest BCUT2D eigenvalue weighted by Crippen LogP contribution is -1.98. The number of hydrogen-bond acceptors (Lipinski definition) is 6. The molecule has 0 saturated carbocycles. The van der Waals surface area contributed by atoms with Gasteiger partial charge in [0.2, 0.25) is 0 Å². The third-order valence-corrected chi connectivity index (χ3v) is 1.17. The topological polar surface area (TPSA) is 78.9 Å². The molecule has 0 radical (unpaired) electrons. The molecule has 0 aliphatic heterocycles. The number of aromatic nitrogens is 5. The molecule has 0 unspecified atom stereocenters. The van der Waals surface area contributed by atoms with Crippen LogP contribution in [0.5, 0.6) is 6.01 Å². The molecule has 0 amide bonds. The predicted octanol–water partition coefficient (Wildman–Crippen LogP) is -0.341. The molecule has 12 heavy (non-hydrogen) atoms.